The average molecular weight is 342 g/mol. The van der Waals surface area contributed by atoms with Gasteiger partial charge in [-0.05, 0) is 31.7 Å². The van der Waals surface area contributed by atoms with Crippen molar-refractivity contribution in [3.05, 3.63) is 23.2 Å². The molecule has 0 radical (unpaired) electrons. The zero-order chi connectivity index (χ0) is 17.6. The Kier molecular flexibility index (Phi) is 4.65. The molecule has 2 rings (SSSR count). The van der Waals surface area contributed by atoms with Crippen LogP contribution in [0.1, 0.15) is 50.3 Å². The Balaban J connectivity index is 2.30. The first-order valence-corrected chi connectivity index (χ1v) is 9.29. The van der Waals surface area contributed by atoms with E-state index in [1.54, 1.807) is 14.1 Å². The highest BCUT2D eigenvalue weighted by Gasteiger charge is 2.39. The molecule has 1 aliphatic rings. The first-order valence-electron chi connectivity index (χ1n) is 7.74. The number of aryl methyl sites for hydroxylation is 1. The number of rotatable bonds is 4. The van der Waals surface area contributed by atoms with E-state index >= 15 is 0 Å². The Morgan fingerprint density at radius 2 is 2.04 bits per heavy atom. The molecule has 0 aliphatic heterocycles. The van der Waals surface area contributed by atoms with Gasteiger partial charge in [-0.1, -0.05) is 13.8 Å². The minimum absolute atomic E-state index is 0.0702. The van der Waals surface area contributed by atoms with Crippen LogP contribution in [0.2, 0.25) is 0 Å². The van der Waals surface area contributed by atoms with Crippen LogP contribution >= 0.6 is 0 Å². The van der Waals surface area contributed by atoms with Gasteiger partial charge < -0.3 is 9.32 Å². The fourth-order valence-electron chi connectivity index (χ4n) is 3.09. The Morgan fingerprint density at radius 3 is 2.61 bits per heavy atom. The molecule has 0 spiro atoms. The maximum absolute atomic E-state index is 12.6. The van der Waals surface area contributed by atoms with Gasteiger partial charge in [-0.15, -0.1) is 0 Å². The normalized spacial score (nSPS) is 21.6. The summed E-state index contributed by atoms with van der Waals surface area (Å²) in [6.07, 6.45) is 1.45. The third-order valence-corrected chi connectivity index (χ3v) is 6.04. The van der Waals surface area contributed by atoms with E-state index in [0.717, 1.165) is 23.5 Å². The van der Waals surface area contributed by atoms with Crippen LogP contribution in [0, 0.1) is 12.3 Å². The third-order valence-electron chi connectivity index (χ3n) is 4.30. The molecule has 7 heteroatoms. The highest BCUT2D eigenvalue weighted by Crippen LogP contribution is 2.42. The fourth-order valence-corrected chi connectivity index (χ4v) is 4.37. The quantitative estimate of drug-likeness (QED) is 0.907. The molecule has 1 aromatic rings. The Morgan fingerprint density at radius 1 is 1.43 bits per heavy atom. The van der Waals surface area contributed by atoms with E-state index in [0.29, 0.717) is 6.42 Å². The van der Waals surface area contributed by atoms with Crippen LogP contribution in [-0.2, 0) is 21.2 Å². The van der Waals surface area contributed by atoms with E-state index in [1.165, 1.54) is 11.8 Å². The minimum atomic E-state index is -3.77. The molecule has 23 heavy (non-hydrogen) atoms. The van der Waals surface area contributed by atoms with Crippen LogP contribution in [0.4, 0.5) is 0 Å². The van der Waals surface area contributed by atoms with E-state index in [4.69, 9.17) is 4.42 Å². The predicted molar refractivity (Wildman–Crippen MR) is 88.5 cm³/mol. The first kappa shape index (κ1) is 18.0. The number of furan rings is 1. The number of amides is 1. The number of nitrogens with zero attached hydrogens (tertiary/aromatic N) is 1. The zero-order valence-corrected chi connectivity index (χ0v) is 15.5. The summed E-state index contributed by atoms with van der Waals surface area (Å²) in [5, 5.41) is -1.13. The van der Waals surface area contributed by atoms with E-state index in [9.17, 15) is 13.2 Å². The van der Waals surface area contributed by atoms with Crippen LogP contribution in [0.5, 0.6) is 0 Å². The number of sulfonamides is 1. The molecule has 2 atom stereocenters. The van der Waals surface area contributed by atoms with E-state index in [-0.39, 0.29) is 11.5 Å². The van der Waals surface area contributed by atoms with Crippen molar-refractivity contribution in [1.82, 2.24) is 9.62 Å². The summed E-state index contributed by atoms with van der Waals surface area (Å²) in [4.78, 5) is 13.3. The van der Waals surface area contributed by atoms with Gasteiger partial charge in [0.15, 0.2) is 5.25 Å². The molecular weight excluding hydrogens is 316 g/mol. The van der Waals surface area contributed by atoms with Crippen LogP contribution in [0.15, 0.2) is 10.5 Å². The number of hydrogen-bond acceptors (Lipinski definition) is 4. The fraction of sp³-hybridized carbons (Fsp3) is 0.688. The summed E-state index contributed by atoms with van der Waals surface area (Å²) >= 11 is 0. The van der Waals surface area contributed by atoms with Gasteiger partial charge in [0, 0.05) is 26.1 Å². The SMILES string of the molecule is Cc1cc2c(o1)CC(C)(C)C[C@@H]2NS(=O)(=O)[C@H](C)C(=O)N(C)C. The molecule has 0 fully saturated rings. The maximum Gasteiger partial charge on any atom is 0.241 e. The van der Waals surface area contributed by atoms with Crippen molar-refractivity contribution < 1.29 is 17.6 Å². The van der Waals surface area contributed by atoms with Crippen molar-refractivity contribution in [3.63, 3.8) is 0 Å². The third kappa shape index (κ3) is 3.77. The number of fused-ring (bicyclic) bond motifs is 1. The molecule has 0 saturated carbocycles. The highest BCUT2D eigenvalue weighted by molar-refractivity contribution is 7.90. The van der Waals surface area contributed by atoms with Crippen molar-refractivity contribution in [2.45, 2.75) is 51.8 Å². The van der Waals surface area contributed by atoms with Crippen molar-refractivity contribution in [2.24, 2.45) is 5.41 Å². The molecule has 6 nitrogen and oxygen atoms in total. The standard InChI is InChI=1S/C16H26N2O4S/c1-10-7-12-13(8-16(3,4)9-14(12)22-10)17-23(20,21)11(2)15(19)18(5)6/h7,11,13,17H,8-9H2,1-6H3/t11-,13+/m1/s1. The van der Waals surface area contributed by atoms with Gasteiger partial charge in [0.25, 0.3) is 0 Å². The van der Waals surface area contributed by atoms with Crippen molar-refractivity contribution in [2.75, 3.05) is 14.1 Å². The molecule has 1 amide bonds. The van der Waals surface area contributed by atoms with Gasteiger partial charge in [-0.3, -0.25) is 4.79 Å². The lowest BCUT2D eigenvalue weighted by atomic mass is 9.75. The summed E-state index contributed by atoms with van der Waals surface area (Å²) in [6.45, 7) is 7.45. The molecule has 130 valence electrons. The molecule has 0 unspecified atom stereocenters. The lowest BCUT2D eigenvalue weighted by molar-refractivity contribution is -0.127. The van der Waals surface area contributed by atoms with Crippen molar-refractivity contribution >= 4 is 15.9 Å². The van der Waals surface area contributed by atoms with Crippen LogP contribution in [-0.4, -0.2) is 38.6 Å². The Labute approximate surface area is 138 Å². The van der Waals surface area contributed by atoms with Crippen molar-refractivity contribution in [3.8, 4) is 0 Å². The average Bonchev–Trinajstić information content (AvgIpc) is 2.75. The largest absolute Gasteiger partial charge is 0.466 e. The molecule has 0 saturated heterocycles. The van der Waals surface area contributed by atoms with Gasteiger partial charge in [0.2, 0.25) is 15.9 Å². The van der Waals surface area contributed by atoms with Gasteiger partial charge in [-0.25, -0.2) is 13.1 Å². The van der Waals surface area contributed by atoms with Crippen LogP contribution in [0.3, 0.4) is 0 Å². The topological polar surface area (TPSA) is 79.6 Å². The number of hydrogen-bond donors (Lipinski definition) is 1. The minimum Gasteiger partial charge on any atom is -0.466 e. The summed E-state index contributed by atoms with van der Waals surface area (Å²) < 4.78 is 33.6. The summed E-state index contributed by atoms with van der Waals surface area (Å²) in [5.74, 6) is 1.17. The Bertz CT molecular complexity index is 704. The van der Waals surface area contributed by atoms with Crippen LogP contribution in [0.25, 0.3) is 0 Å². The lowest BCUT2D eigenvalue weighted by Crippen LogP contribution is -2.45. The number of carbonyl (C=O) groups is 1. The zero-order valence-electron chi connectivity index (χ0n) is 14.6. The Hall–Kier alpha value is -1.34. The molecule has 1 aliphatic carbocycles. The van der Waals surface area contributed by atoms with E-state index in [1.807, 2.05) is 13.0 Å². The molecule has 0 aromatic carbocycles. The second-order valence-electron chi connectivity index (χ2n) is 7.37. The first-order chi connectivity index (χ1) is 10.4. The van der Waals surface area contributed by atoms with Crippen LogP contribution < -0.4 is 4.72 Å². The summed E-state index contributed by atoms with van der Waals surface area (Å²) in [7, 11) is -0.668. The van der Waals surface area contributed by atoms with E-state index < -0.39 is 21.2 Å². The second-order valence-corrected chi connectivity index (χ2v) is 9.40. The second kappa shape index (κ2) is 5.94. The van der Waals surface area contributed by atoms with E-state index in [2.05, 4.69) is 18.6 Å². The number of nitrogens with one attached hydrogen (secondary N) is 1. The monoisotopic (exact) mass is 342 g/mol. The van der Waals surface area contributed by atoms with Gasteiger partial charge in [0.05, 0.1) is 6.04 Å². The lowest BCUT2D eigenvalue weighted by Gasteiger charge is -2.35. The molecule has 1 N–H and O–H groups in total. The summed E-state index contributed by atoms with van der Waals surface area (Å²) in [5.41, 5.74) is 0.814. The van der Waals surface area contributed by atoms with Gasteiger partial charge >= 0.3 is 0 Å². The van der Waals surface area contributed by atoms with Crippen molar-refractivity contribution in [1.29, 1.82) is 0 Å². The smallest absolute Gasteiger partial charge is 0.241 e. The molecule has 1 heterocycles. The number of carbonyl (C=O) groups excluding carboxylic acids is 1. The molecular formula is C16H26N2O4S. The highest BCUT2D eigenvalue weighted by atomic mass is 32.2. The molecule has 1 aromatic heterocycles. The van der Waals surface area contributed by atoms with Gasteiger partial charge in [0.1, 0.15) is 11.5 Å². The summed E-state index contributed by atoms with van der Waals surface area (Å²) in [6, 6.07) is 1.52. The maximum atomic E-state index is 12.6. The molecule has 0 bridgehead atoms. The predicted octanol–water partition coefficient (Wildman–Crippen LogP) is 2.00. The van der Waals surface area contributed by atoms with Gasteiger partial charge in [-0.2, -0.15) is 0 Å².